The van der Waals surface area contributed by atoms with Gasteiger partial charge in [0.1, 0.15) is 0 Å². The Bertz CT molecular complexity index is 730. The van der Waals surface area contributed by atoms with E-state index >= 15 is 0 Å². The SMILES string of the molecule is CCN(c1nc(Cl)nc(Cl)n1)S(=O)(=O)c1ccc(C)cc1. The molecule has 0 radical (unpaired) electrons. The maximum Gasteiger partial charge on any atom is 0.266 e. The number of anilines is 1. The quantitative estimate of drug-likeness (QED) is 0.850. The van der Waals surface area contributed by atoms with Crippen molar-refractivity contribution in [1.29, 1.82) is 0 Å². The second-order valence-corrected chi connectivity index (χ2v) is 6.69. The minimum Gasteiger partial charge on any atom is -0.234 e. The van der Waals surface area contributed by atoms with Gasteiger partial charge < -0.3 is 0 Å². The summed E-state index contributed by atoms with van der Waals surface area (Å²) in [7, 11) is -3.79. The van der Waals surface area contributed by atoms with Crippen molar-refractivity contribution >= 4 is 39.2 Å². The van der Waals surface area contributed by atoms with Gasteiger partial charge in [-0.05, 0) is 49.2 Å². The van der Waals surface area contributed by atoms with E-state index in [4.69, 9.17) is 23.2 Å². The number of aromatic nitrogens is 3. The summed E-state index contributed by atoms with van der Waals surface area (Å²) in [5.41, 5.74) is 0.961. The largest absolute Gasteiger partial charge is 0.266 e. The number of nitrogens with zero attached hydrogens (tertiary/aromatic N) is 4. The number of hydrogen-bond acceptors (Lipinski definition) is 5. The molecule has 0 aliphatic heterocycles. The first kappa shape index (κ1) is 15.9. The molecule has 112 valence electrons. The minimum absolute atomic E-state index is 0.108. The highest BCUT2D eigenvalue weighted by molar-refractivity contribution is 7.92. The standard InChI is InChI=1S/C12H12Cl2N4O2S/c1-3-18(12-16-10(13)15-11(14)17-12)21(19,20)9-6-4-8(2)5-7-9/h4-7H,3H2,1-2H3. The predicted octanol–water partition coefficient (Wildman–Crippen LogP) is 2.70. The van der Waals surface area contributed by atoms with Crippen LogP contribution in [0.15, 0.2) is 29.2 Å². The topological polar surface area (TPSA) is 76.1 Å². The summed E-state index contributed by atoms with van der Waals surface area (Å²) < 4.78 is 26.3. The fraction of sp³-hybridized carbons (Fsp3) is 0.250. The lowest BCUT2D eigenvalue weighted by Gasteiger charge is -2.20. The summed E-state index contributed by atoms with van der Waals surface area (Å²) in [4.78, 5) is 11.4. The van der Waals surface area contributed by atoms with E-state index in [1.54, 1.807) is 19.1 Å². The molecule has 2 rings (SSSR count). The van der Waals surface area contributed by atoms with Gasteiger partial charge in [0.05, 0.1) is 4.90 Å². The second kappa shape index (κ2) is 6.13. The zero-order valence-corrected chi connectivity index (χ0v) is 13.6. The van der Waals surface area contributed by atoms with Crippen molar-refractivity contribution in [3.63, 3.8) is 0 Å². The number of sulfonamides is 1. The smallest absolute Gasteiger partial charge is 0.234 e. The molecule has 0 amide bonds. The van der Waals surface area contributed by atoms with E-state index in [-0.39, 0.29) is 28.0 Å². The van der Waals surface area contributed by atoms with Crippen LogP contribution in [-0.2, 0) is 10.0 Å². The zero-order valence-electron chi connectivity index (χ0n) is 11.3. The molecule has 9 heteroatoms. The van der Waals surface area contributed by atoms with Crippen LogP contribution < -0.4 is 4.31 Å². The molecule has 0 saturated heterocycles. The molecule has 0 aliphatic rings. The average molecular weight is 347 g/mol. The summed E-state index contributed by atoms with van der Waals surface area (Å²) in [6, 6.07) is 6.48. The molecule has 0 aliphatic carbocycles. The monoisotopic (exact) mass is 346 g/mol. The molecule has 0 spiro atoms. The first-order chi connectivity index (χ1) is 9.84. The van der Waals surface area contributed by atoms with E-state index < -0.39 is 10.0 Å². The van der Waals surface area contributed by atoms with Crippen LogP contribution in [-0.4, -0.2) is 29.9 Å². The molecule has 2 aromatic rings. The molecule has 0 fully saturated rings. The summed E-state index contributed by atoms with van der Waals surface area (Å²) in [5.74, 6) is -0.108. The van der Waals surface area contributed by atoms with Crippen molar-refractivity contribution in [2.75, 3.05) is 10.8 Å². The highest BCUT2D eigenvalue weighted by Gasteiger charge is 2.26. The second-order valence-electron chi connectivity index (χ2n) is 4.16. The van der Waals surface area contributed by atoms with Gasteiger partial charge >= 0.3 is 0 Å². The lowest BCUT2D eigenvalue weighted by atomic mass is 10.2. The molecule has 0 atom stereocenters. The highest BCUT2D eigenvalue weighted by Crippen LogP contribution is 2.22. The summed E-state index contributed by atoms with van der Waals surface area (Å²) in [6.45, 7) is 3.67. The molecule has 1 aromatic heterocycles. The zero-order chi connectivity index (χ0) is 15.6. The molecule has 0 bridgehead atoms. The van der Waals surface area contributed by atoms with Crippen LogP contribution in [0.3, 0.4) is 0 Å². The van der Waals surface area contributed by atoms with E-state index in [2.05, 4.69) is 15.0 Å². The van der Waals surface area contributed by atoms with Gasteiger partial charge in [0.25, 0.3) is 10.0 Å². The maximum absolute atomic E-state index is 12.6. The van der Waals surface area contributed by atoms with Gasteiger partial charge in [0.2, 0.25) is 16.5 Å². The number of aryl methyl sites for hydroxylation is 1. The Morgan fingerprint density at radius 2 is 1.57 bits per heavy atom. The van der Waals surface area contributed by atoms with Crippen molar-refractivity contribution in [3.8, 4) is 0 Å². The van der Waals surface area contributed by atoms with Gasteiger partial charge in [-0.15, -0.1) is 0 Å². The Kier molecular flexibility index (Phi) is 4.65. The Morgan fingerprint density at radius 3 is 2.05 bits per heavy atom. The first-order valence-corrected chi connectivity index (χ1v) is 8.20. The van der Waals surface area contributed by atoms with Crippen molar-refractivity contribution in [2.45, 2.75) is 18.7 Å². The van der Waals surface area contributed by atoms with E-state index in [0.717, 1.165) is 9.87 Å². The van der Waals surface area contributed by atoms with Gasteiger partial charge in [0.15, 0.2) is 0 Å². The first-order valence-electron chi connectivity index (χ1n) is 6.01. The predicted molar refractivity (Wildman–Crippen MR) is 81.2 cm³/mol. The highest BCUT2D eigenvalue weighted by atomic mass is 35.5. The van der Waals surface area contributed by atoms with Gasteiger partial charge in [-0.3, -0.25) is 0 Å². The Balaban J connectivity index is 2.51. The van der Waals surface area contributed by atoms with Gasteiger partial charge in [0, 0.05) is 6.54 Å². The summed E-state index contributed by atoms with van der Waals surface area (Å²) >= 11 is 11.4. The molecular formula is C12H12Cl2N4O2S. The van der Waals surface area contributed by atoms with Crippen molar-refractivity contribution in [2.24, 2.45) is 0 Å². The average Bonchev–Trinajstić information content (AvgIpc) is 2.38. The van der Waals surface area contributed by atoms with E-state index in [9.17, 15) is 8.42 Å². The summed E-state index contributed by atoms with van der Waals surface area (Å²) in [5, 5.41) is -0.329. The van der Waals surface area contributed by atoms with Crippen LogP contribution in [0.1, 0.15) is 12.5 Å². The third-order valence-corrected chi connectivity index (χ3v) is 4.90. The maximum atomic E-state index is 12.6. The number of rotatable bonds is 4. The van der Waals surface area contributed by atoms with Crippen molar-refractivity contribution in [3.05, 3.63) is 40.4 Å². The molecule has 6 nitrogen and oxygen atoms in total. The lowest BCUT2D eigenvalue weighted by molar-refractivity contribution is 0.590. The Hall–Kier alpha value is -1.44. The molecular weight excluding hydrogens is 335 g/mol. The fourth-order valence-corrected chi connectivity index (χ4v) is 3.41. The number of hydrogen-bond donors (Lipinski definition) is 0. The van der Waals surface area contributed by atoms with Crippen LogP contribution in [0.2, 0.25) is 10.6 Å². The van der Waals surface area contributed by atoms with Crippen LogP contribution in [0.4, 0.5) is 5.95 Å². The van der Waals surface area contributed by atoms with Gasteiger partial charge in [-0.1, -0.05) is 17.7 Å². The third kappa shape index (κ3) is 3.42. The molecule has 1 aromatic carbocycles. The molecule has 21 heavy (non-hydrogen) atoms. The lowest BCUT2D eigenvalue weighted by Crippen LogP contribution is -2.32. The Labute approximate surface area is 132 Å². The molecule has 0 unspecified atom stereocenters. The van der Waals surface area contributed by atoms with Gasteiger partial charge in [-0.25, -0.2) is 12.7 Å². The molecule has 0 N–H and O–H groups in total. The van der Waals surface area contributed by atoms with Gasteiger partial charge in [-0.2, -0.15) is 15.0 Å². The van der Waals surface area contributed by atoms with E-state index in [1.165, 1.54) is 12.1 Å². The Morgan fingerprint density at radius 1 is 1.05 bits per heavy atom. The fourth-order valence-electron chi connectivity index (χ4n) is 1.68. The van der Waals surface area contributed by atoms with Crippen LogP contribution in [0.25, 0.3) is 0 Å². The third-order valence-electron chi connectivity index (χ3n) is 2.69. The van der Waals surface area contributed by atoms with Crippen LogP contribution >= 0.6 is 23.2 Å². The number of halogens is 2. The summed E-state index contributed by atoms with van der Waals surface area (Å²) in [6.07, 6.45) is 0. The van der Waals surface area contributed by atoms with Crippen molar-refractivity contribution < 1.29 is 8.42 Å². The van der Waals surface area contributed by atoms with E-state index in [0.29, 0.717) is 0 Å². The van der Waals surface area contributed by atoms with Crippen LogP contribution in [0, 0.1) is 6.92 Å². The van der Waals surface area contributed by atoms with Crippen molar-refractivity contribution in [1.82, 2.24) is 15.0 Å². The molecule has 1 heterocycles. The van der Waals surface area contributed by atoms with Crippen LogP contribution in [0.5, 0.6) is 0 Å². The normalized spacial score (nSPS) is 11.4. The molecule has 0 saturated carbocycles. The minimum atomic E-state index is -3.79. The van der Waals surface area contributed by atoms with E-state index in [1.807, 2.05) is 6.92 Å². The number of benzene rings is 1.